The molecule has 8 heteroatoms. The first-order valence-corrected chi connectivity index (χ1v) is 5.27. The molecule has 4 atom stereocenters. The van der Waals surface area contributed by atoms with Crippen LogP contribution in [-0.4, -0.2) is 38.6 Å². The van der Waals surface area contributed by atoms with Crippen LogP contribution in [0.3, 0.4) is 0 Å². The molecule has 18 heavy (non-hydrogen) atoms. The maximum absolute atomic E-state index is 11.6. The topological polar surface area (TPSA) is 134 Å². The number of nitrogens with zero attached hydrogens (tertiary/aromatic N) is 3. The monoisotopic (exact) mass is 252 g/mol. The Morgan fingerprint density at radius 2 is 2.39 bits per heavy atom. The van der Waals surface area contributed by atoms with E-state index in [1.807, 2.05) is 6.07 Å². The fourth-order valence-corrected chi connectivity index (χ4v) is 1.89. The van der Waals surface area contributed by atoms with Crippen LogP contribution >= 0.6 is 0 Å². The predicted molar refractivity (Wildman–Crippen MR) is 59.0 cm³/mol. The number of nitrogens with two attached hydrogens (primary N) is 1. The summed E-state index contributed by atoms with van der Waals surface area (Å²) in [7, 11) is 0. The summed E-state index contributed by atoms with van der Waals surface area (Å²) in [4.78, 5) is 15.1. The van der Waals surface area contributed by atoms with Crippen LogP contribution in [0.5, 0.6) is 0 Å². The van der Waals surface area contributed by atoms with Gasteiger partial charge in [0.1, 0.15) is 23.9 Å². The van der Waals surface area contributed by atoms with Crippen LogP contribution in [0.2, 0.25) is 0 Å². The van der Waals surface area contributed by atoms with Crippen molar-refractivity contribution in [3.05, 3.63) is 22.7 Å². The number of anilines is 1. The molecular weight excluding hydrogens is 240 g/mol. The zero-order valence-electron chi connectivity index (χ0n) is 9.30. The maximum Gasteiger partial charge on any atom is 0.351 e. The molecule has 1 aliphatic heterocycles. The lowest BCUT2D eigenvalue weighted by Crippen LogP contribution is -2.31. The van der Waals surface area contributed by atoms with Crippen molar-refractivity contribution in [2.45, 2.75) is 18.4 Å². The van der Waals surface area contributed by atoms with Crippen LogP contribution in [0.15, 0.2) is 17.1 Å². The van der Waals surface area contributed by atoms with Gasteiger partial charge in [-0.3, -0.25) is 4.57 Å². The van der Waals surface area contributed by atoms with Gasteiger partial charge in [-0.25, -0.2) is 4.79 Å². The molecule has 0 bridgehead atoms. The van der Waals surface area contributed by atoms with Crippen LogP contribution in [0.1, 0.15) is 6.23 Å². The van der Waals surface area contributed by atoms with Crippen molar-refractivity contribution in [3.63, 3.8) is 0 Å². The summed E-state index contributed by atoms with van der Waals surface area (Å²) < 4.78 is 6.37. The highest BCUT2D eigenvalue weighted by molar-refractivity contribution is 5.23. The molecule has 1 aliphatic rings. The maximum atomic E-state index is 11.6. The molecule has 96 valence electrons. The fourth-order valence-electron chi connectivity index (χ4n) is 1.89. The number of aromatic nitrogens is 2. The molecule has 2 heterocycles. The Bertz CT molecular complexity index is 537. The summed E-state index contributed by atoms with van der Waals surface area (Å²) in [6, 6.07) is 3.25. The lowest BCUT2D eigenvalue weighted by atomic mass is 10.0. The van der Waals surface area contributed by atoms with Gasteiger partial charge in [-0.2, -0.15) is 10.2 Å². The van der Waals surface area contributed by atoms with E-state index in [9.17, 15) is 9.90 Å². The average Bonchev–Trinajstić information content (AvgIpc) is 2.65. The number of hydrogen-bond donors (Lipinski definition) is 3. The smallest absolute Gasteiger partial charge is 0.351 e. The minimum atomic E-state index is -1.16. The SMILES string of the molecule is N#CC1[C@H](n2ccc(N)nc2=O)O[C@H](CO)[C@H]1O. The minimum absolute atomic E-state index is 0.0574. The van der Waals surface area contributed by atoms with Crippen molar-refractivity contribution in [2.75, 3.05) is 12.3 Å². The molecule has 0 amide bonds. The Hall–Kier alpha value is -1.95. The highest BCUT2D eigenvalue weighted by atomic mass is 16.5. The second-order valence-corrected chi connectivity index (χ2v) is 3.94. The summed E-state index contributed by atoms with van der Waals surface area (Å²) in [5.74, 6) is -0.896. The van der Waals surface area contributed by atoms with Gasteiger partial charge in [0.05, 0.1) is 12.7 Å². The standard InChI is InChI=1S/C10H12N4O4/c11-3-5-8(16)6(4-15)18-9(5)14-2-1-7(12)13-10(14)17/h1-2,5-6,8-9,15-16H,4H2,(H2,12,13,17)/t5?,6-,8+,9-/m1/s1. The second kappa shape index (κ2) is 4.73. The molecule has 1 saturated heterocycles. The first-order valence-electron chi connectivity index (χ1n) is 5.27. The summed E-state index contributed by atoms with van der Waals surface area (Å²) in [6.45, 7) is -0.438. The van der Waals surface area contributed by atoms with Gasteiger partial charge in [-0.1, -0.05) is 0 Å². The summed E-state index contributed by atoms with van der Waals surface area (Å²) in [5, 5.41) is 27.8. The van der Waals surface area contributed by atoms with Crippen LogP contribution in [-0.2, 0) is 4.74 Å². The molecular formula is C10H12N4O4. The molecule has 8 nitrogen and oxygen atoms in total. The number of aliphatic hydroxyl groups is 2. The van der Waals surface area contributed by atoms with E-state index in [2.05, 4.69) is 4.98 Å². The fraction of sp³-hybridized carbons (Fsp3) is 0.500. The Balaban J connectivity index is 2.39. The zero-order chi connectivity index (χ0) is 13.3. The third kappa shape index (κ3) is 1.95. The van der Waals surface area contributed by atoms with Gasteiger partial charge < -0.3 is 20.7 Å². The lowest BCUT2D eigenvalue weighted by Gasteiger charge is -2.16. The molecule has 0 saturated carbocycles. The van der Waals surface area contributed by atoms with Gasteiger partial charge in [-0.15, -0.1) is 0 Å². The van der Waals surface area contributed by atoms with Crippen molar-refractivity contribution < 1.29 is 14.9 Å². The van der Waals surface area contributed by atoms with E-state index in [-0.39, 0.29) is 5.82 Å². The van der Waals surface area contributed by atoms with Gasteiger partial charge in [-0.05, 0) is 6.07 Å². The Labute approximate surface area is 102 Å². The van der Waals surface area contributed by atoms with Crippen molar-refractivity contribution >= 4 is 5.82 Å². The zero-order valence-corrected chi connectivity index (χ0v) is 9.30. The number of ether oxygens (including phenoxy) is 1. The van der Waals surface area contributed by atoms with E-state index in [0.29, 0.717) is 0 Å². The van der Waals surface area contributed by atoms with Crippen LogP contribution in [0.25, 0.3) is 0 Å². The number of aliphatic hydroxyl groups excluding tert-OH is 2. The van der Waals surface area contributed by atoms with E-state index in [4.69, 9.17) is 20.8 Å². The van der Waals surface area contributed by atoms with E-state index in [0.717, 1.165) is 4.57 Å². The summed E-state index contributed by atoms with van der Waals surface area (Å²) in [6.07, 6.45) is -1.70. The van der Waals surface area contributed by atoms with E-state index in [1.54, 1.807) is 0 Å². The highest BCUT2D eigenvalue weighted by Gasteiger charge is 2.45. The third-order valence-corrected chi connectivity index (χ3v) is 2.82. The largest absolute Gasteiger partial charge is 0.394 e. The highest BCUT2D eigenvalue weighted by Crippen LogP contribution is 2.33. The van der Waals surface area contributed by atoms with Gasteiger partial charge in [0.25, 0.3) is 0 Å². The van der Waals surface area contributed by atoms with Gasteiger partial charge in [0.15, 0.2) is 6.23 Å². The van der Waals surface area contributed by atoms with Gasteiger partial charge in [0.2, 0.25) is 0 Å². The quantitative estimate of drug-likeness (QED) is 0.566. The minimum Gasteiger partial charge on any atom is -0.394 e. The Morgan fingerprint density at radius 1 is 1.67 bits per heavy atom. The van der Waals surface area contributed by atoms with Crippen LogP contribution < -0.4 is 11.4 Å². The molecule has 0 spiro atoms. The summed E-state index contributed by atoms with van der Waals surface area (Å²) >= 11 is 0. The molecule has 1 unspecified atom stereocenters. The number of nitrogen functional groups attached to an aromatic ring is 1. The van der Waals surface area contributed by atoms with Crippen LogP contribution in [0.4, 0.5) is 5.82 Å². The van der Waals surface area contributed by atoms with Gasteiger partial charge in [0, 0.05) is 6.20 Å². The van der Waals surface area contributed by atoms with E-state index < -0.39 is 36.7 Å². The van der Waals surface area contributed by atoms with Crippen molar-refractivity contribution in [1.82, 2.24) is 9.55 Å². The van der Waals surface area contributed by atoms with Crippen molar-refractivity contribution in [2.24, 2.45) is 5.92 Å². The molecule has 1 fully saturated rings. The molecule has 1 aromatic heterocycles. The molecule has 0 radical (unpaired) electrons. The van der Waals surface area contributed by atoms with Crippen LogP contribution in [0, 0.1) is 17.2 Å². The Morgan fingerprint density at radius 3 is 2.94 bits per heavy atom. The first kappa shape index (κ1) is 12.5. The molecule has 2 rings (SSSR count). The van der Waals surface area contributed by atoms with Crippen molar-refractivity contribution in [1.29, 1.82) is 5.26 Å². The normalized spacial score (nSPS) is 31.2. The Kier molecular flexibility index (Phi) is 3.29. The lowest BCUT2D eigenvalue weighted by molar-refractivity contribution is -0.0469. The number of rotatable bonds is 2. The molecule has 0 aromatic carbocycles. The van der Waals surface area contributed by atoms with Crippen molar-refractivity contribution in [3.8, 4) is 6.07 Å². The summed E-state index contributed by atoms with van der Waals surface area (Å²) in [5.41, 5.74) is 4.68. The molecule has 1 aromatic rings. The number of nitriles is 1. The van der Waals surface area contributed by atoms with E-state index >= 15 is 0 Å². The third-order valence-electron chi connectivity index (χ3n) is 2.82. The average molecular weight is 252 g/mol. The van der Waals surface area contributed by atoms with E-state index in [1.165, 1.54) is 12.3 Å². The predicted octanol–water partition coefficient (Wildman–Crippen LogP) is -1.78. The van der Waals surface area contributed by atoms with Gasteiger partial charge >= 0.3 is 5.69 Å². The first-order chi connectivity index (χ1) is 8.58. The number of hydrogen-bond acceptors (Lipinski definition) is 7. The second-order valence-electron chi connectivity index (χ2n) is 3.94. The molecule has 0 aliphatic carbocycles. The molecule has 4 N–H and O–H groups in total.